The van der Waals surface area contributed by atoms with Crippen molar-refractivity contribution in [2.45, 2.75) is 45.1 Å². The Balaban J connectivity index is 1.94. The van der Waals surface area contributed by atoms with Crippen molar-refractivity contribution in [2.24, 2.45) is 5.92 Å². The summed E-state index contributed by atoms with van der Waals surface area (Å²) in [4.78, 5) is 7.00. The fourth-order valence-electron chi connectivity index (χ4n) is 3.50. The van der Waals surface area contributed by atoms with Crippen LogP contribution in [-0.4, -0.2) is 17.6 Å². The van der Waals surface area contributed by atoms with Gasteiger partial charge in [-0.1, -0.05) is 6.42 Å². The zero-order valence-electron chi connectivity index (χ0n) is 10.5. The van der Waals surface area contributed by atoms with Gasteiger partial charge in [-0.2, -0.15) is 0 Å². The van der Waals surface area contributed by atoms with Crippen molar-refractivity contribution in [1.29, 1.82) is 0 Å². The van der Waals surface area contributed by atoms with Crippen LogP contribution in [0.15, 0.2) is 12.3 Å². The maximum atomic E-state index is 6.19. The fourth-order valence-corrected chi connectivity index (χ4v) is 3.50. The predicted molar refractivity (Wildman–Crippen MR) is 71.1 cm³/mol. The van der Waals surface area contributed by atoms with E-state index in [9.17, 15) is 0 Å². The molecular weight excluding hydrogens is 210 g/mol. The third-order valence-corrected chi connectivity index (χ3v) is 4.45. The van der Waals surface area contributed by atoms with Gasteiger partial charge in [0.25, 0.3) is 0 Å². The van der Waals surface area contributed by atoms with Crippen molar-refractivity contribution in [2.75, 3.05) is 17.2 Å². The lowest BCUT2D eigenvalue weighted by molar-refractivity contribution is 0.361. The van der Waals surface area contributed by atoms with Gasteiger partial charge >= 0.3 is 0 Å². The van der Waals surface area contributed by atoms with E-state index in [1.54, 1.807) is 0 Å². The van der Waals surface area contributed by atoms with E-state index in [0.717, 1.165) is 29.5 Å². The van der Waals surface area contributed by atoms with Gasteiger partial charge < -0.3 is 10.6 Å². The quantitative estimate of drug-likeness (QED) is 0.808. The Kier molecular flexibility index (Phi) is 2.69. The number of pyridine rings is 1. The average molecular weight is 231 g/mol. The largest absolute Gasteiger partial charge is 0.396 e. The molecular formula is C14H21N3. The topological polar surface area (TPSA) is 42.2 Å². The summed E-state index contributed by atoms with van der Waals surface area (Å²) in [6.45, 7) is 3.19. The van der Waals surface area contributed by atoms with E-state index in [2.05, 4.69) is 16.8 Å². The monoisotopic (exact) mass is 231 g/mol. The Morgan fingerprint density at radius 2 is 2.12 bits per heavy atom. The minimum atomic E-state index is 0.695. The Morgan fingerprint density at radius 3 is 3.00 bits per heavy atom. The molecule has 2 heterocycles. The summed E-state index contributed by atoms with van der Waals surface area (Å²) in [6, 6.07) is 2.69. The van der Waals surface area contributed by atoms with Crippen molar-refractivity contribution in [1.82, 2.24) is 4.98 Å². The van der Waals surface area contributed by atoms with Gasteiger partial charge in [0, 0.05) is 18.8 Å². The second-order valence-corrected chi connectivity index (χ2v) is 5.46. The standard InChI is InChI=1S/C14H21N3/c1-10-7-8-16-14(13(10)15)17-9-3-5-11-4-2-6-12(11)17/h7-8,11-12H,2-6,9,15H2,1H3. The lowest BCUT2D eigenvalue weighted by Gasteiger charge is -2.39. The molecule has 2 atom stereocenters. The molecule has 2 N–H and O–H groups in total. The molecule has 3 heteroatoms. The molecule has 2 unspecified atom stereocenters. The Morgan fingerprint density at radius 1 is 1.29 bits per heavy atom. The molecule has 92 valence electrons. The number of fused-ring (bicyclic) bond motifs is 1. The molecule has 0 spiro atoms. The molecule has 1 saturated carbocycles. The highest BCUT2D eigenvalue weighted by Crippen LogP contribution is 2.40. The Labute approximate surface area is 103 Å². The molecule has 2 fully saturated rings. The van der Waals surface area contributed by atoms with Crippen LogP contribution < -0.4 is 10.6 Å². The Hall–Kier alpha value is -1.25. The summed E-state index contributed by atoms with van der Waals surface area (Å²) >= 11 is 0. The van der Waals surface area contributed by atoms with E-state index in [-0.39, 0.29) is 0 Å². The summed E-state index contributed by atoms with van der Waals surface area (Å²) in [5.74, 6) is 1.91. The van der Waals surface area contributed by atoms with Crippen LogP contribution >= 0.6 is 0 Å². The first-order chi connectivity index (χ1) is 8.27. The summed E-state index contributed by atoms with van der Waals surface area (Å²) in [5, 5.41) is 0. The zero-order valence-corrected chi connectivity index (χ0v) is 10.5. The number of nitrogens with zero attached hydrogens (tertiary/aromatic N) is 2. The number of hydrogen-bond acceptors (Lipinski definition) is 3. The molecule has 0 amide bonds. The zero-order chi connectivity index (χ0) is 11.8. The van der Waals surface area contributed by atoms with Gasteiger partial charge in [-0.15, -0.1) is 0 Å². The van der Waals surface area contributed by atoms with Crippen LogP contribution in [0.4, 0.5) is 11.5 Å². The third-order valence-electron chi connectivity index (χ3n) is 4.45. The molecule has 0 aromatic carbocycles. The van der Waals surface area contributed by atoms with Gasteiger partial charge in [0.1, 0.15) is 0 Å². The molecule has 17 heavy (non-hydrogen) atoms. The first-order valence-corrected chi connectivity index (χ1v) is 6.75. The number of hydrogen-bond donors (Lipinski definition) is 1. The van der Waals surface area contributed by atoms with Crippen molar-refractivity contribution in [3.8, 4) is 0 Å². The SMILES string of the molecule is Cc1ccnc(N2CCCC3CCCC32)c1N. The number of anilines is 2. The molecule has 3 rings (SSSR count). The highest BCUT2D eigenvalue weighted by molar-refractivity contribution is 5.67. The summed E-state index contributed by atoms with van der Waals surface area (Å²) in [6.07, 6.45) is 8.66. The number of aryl methyl sites for hydroxylation is 1. The van der Waals surface area contributed by atoms with Gasteiger partial charge in [-0.05, 0) is 50.2 Å². The van der Waals surface area contributed by atoms with E-state index in [4.69, 9.17) is 5.73 Å². The lowest BCUT2D eigenvalue weighted by atomic mass is 9.92. The minimum absolute atomic E-state index is 0.695. The van der Waals surface area contributed by atoms with Crippen LogP contribution in [0.5, 0.6) is 0 Å². The minimum Gasteiger partial charge on any atom is -0.396 e. The average Bonchev–Trinajstić information content (AvgIpc) is 2.81. The molecule has 0 radical (unpaired) electrons. The van der Waals surface area contributed by atoms with Gasteiger partial charge in [-0.25, -0.2) is 4.98 Å². The van der Waals surface area contributed by atoms with Crippen LogP contribution in [0.25, 0.3) is 0 Å². The maximum absolute atomic E-state index is 6.19. The van der Waals surface area contributed by atoms with Crippen molar-refractivity contribution < 1.29 is 0 Å². The lowest BCUT2D eigenvalue weighted by Crippen LogP contribution is -2.43. The van der Waals surface area contributed by atoms with Crippen LogP contribution in [0, 0.1) is 12.8 Å². The number of aromatic nitrogens is 1. The van der Waals surface area contributed by atoms with Gasteiger partial charge in [0.05, 0.1) is 5.69 Å². The van der Waals surface area contributed by atoms with E-state index in [0.29, 0.717) is 6.04 Å². The molecule has 1 aromatic rings. The smallest absolute Gasteiger partial charge is 0.152 e. The second kappa shape index (κ2) is 4.21. The van der Waals surface area contributed by atoms with E-state index in [1.807, 2.05) is 12.3 Å². The van der Waals surface area contributed by atoms with Crippen molar-refractivity contribution in [3.05, 3.63) is 17.8 Å². The van der Waals surface area contributed by atoms with Gasteiger partial charge in [0.2, 0.25) is 0 Å². The normalized spacial score (nSPS) is 28.2. The summed E-state index contributed by atoms with van der Waals surface area (Å²) in [5.41, 5.74) is 8.22. The number of nitrogens with two attached hydrogens (primary N) is 1. The van der Waals surface area contributed by atoms with Crippen molar-refractivity contribution in [3.63, 3.8) is 0 Å². The first-order valence-electron chi connectivity index (χ1n) is 6.75. The van der Waals surface area contributed by atoms with Gasteiger partial charge in [0.15, 0.2) is 5.82 Å². The molecule has 0 bridgehead atoms. The van der Waals surface area contributed by atoms with Crippen LogP contribution in [0.3, 0.4) is 0 Å². The molecule has 1 aliphatic heterocycles. The van der Waals surface area contributed by atoms with E-state index >= 15 is 0 Å². The van der Waals surface area contributed by atoms with Crippen LogP contribution in [0.1, 0.15) is 37.7 Å². The molecule has 1 aliphatic carbocycles. The highest BCUT2D eigenvalue weighted by Gasteiger charge is 2.36. The van der Waals surface area contributed by atoms with Gasteiger partial charge in [-0.3, -0.25) is 0 Å². The molecule has 1 saturated heterocycles. The number of rotatable bonds is 1. The molecule has 1 aromatic heterocycles. The first kappa shape index (κ1) is 10.9. The fraction of sp³-hybridized carbons (Fsp3) is 0.643. The van der Waals surface area contributed by atoms with E-state index in [1.165, 1.54) is 32.1 Å². The number of nitrogen functional groups attached to an aromatic ring is 1. The van der Waals surface area contributed by atoms with Crippen LogP contribution in [-0.2, 0) is 0 Å². The predicted octanol–water partition coefficient (Wildman–Crippen LogP) is 2.74. The maximum Gasteiger partial charge on any atom is 0.152 e. The molecule has 3 nitrogen and oxygen atoms in total. The molecule has 2 aliphatic rings. The second-order valence-electron chi connectivity index (χ2n) is 5.46. The number of piperidine rings is 1. The summed E-state index contributed by atoms with van der Waals surface area (Å²) in [7, 11) is 0. The Bertz CT molecular complexity index is 416. The highest BCUT2D eigenvalue weighted by atomic mass is 15.2. The van der Waals surface area contributed by atoms with Crippen molar-refractivity contribution >= 4 is 11.5 Å². The van der Waals surface area contributed by atoms with Crippen LogP contribution in [0.2, 0.25) is 0 Å². The summed E-state index contributed by atoms with van der Waals surface area (Å²) < 4.78 is 0. The van der Waals surface area contributed by atoms with E-state index < -0.39 is 0 Å². The third kappa shape index (κ3) is 1.78.